The normalized spacial score (nSPS) is 10.5. The van der Waals surface area contributed by atoms with Crippen molar-refractivity contribution in [2.75, 3.05) is 0 Å². The molecule has 0 aliphatic heterocycles. The van der Waals surface area contributed by atoms with E-state index >= 15 is 0 Å². The quantitative estimate of drug-likeness (QED) is 0.924. The number of thiophene rings is 1. The lowest BCUT2D eigenvalue weighted by molar-refractivity contribution is -0.120. The Morgan fingerprint density at radius 3 is 2.88 bits per heavy atom. The van der Waals surface area contributed by atoms with Gasteiger partial charge in [-0.1, -0.05) is 6.07 Å². The Bertz CT molecular complexity index is 503. The SMILES string of the molecule is Cc1nc(C)c(CNC(=O)Cc2cccs2)s1. The van der Waals surface area contributed by atoms with Crippen LogP contribution in [0.15, 0.2) is 17.5 Å². The number of aryl methyl sites for hydroxylation is 2. The van der Waals surface area contributed by atoms with Crippen molar-refractivity contribution >= 4 is 28.6 Å². The minimum Gasteiger partial charge on any atom is -0.351 e. The van der Waals surface area contributed by atoms with Crippen LogP contribution in [-0.4, -0.2) is 10.9 Å². The molecule has 0 atom stereocenters. The number of amides is 1. The second kappa shape index (κ2) is 5.42. The minimum absolute atomic E-state index is 0.0675. The summed E-state index contributed by atoms with van der Waals surface area (Å²) in [6.45, 7) is 4.54. The van der Waals surface area contributed by atoms with Gasteiger partial charge in [-0.05, 0) is 25.3 Å². The highest BCUT2D eigenvalue weighted by Crippen LogP contribution is 2.16. The summed E-state index contributed by atoms with van der Waals surface area (Å²) in [5.74, 6) is 0.0675. The topological polar surface area (TPSA) is 42.0 Å². The second-order valence-corrected chi connectivity index (χ2v) is 6.09. The van der Waals surface area contributed by atoms with Crippen LogP contribution in [-0.2, 0) is 17.8 Å². The number of nitrogens with one attached hydrogen (secondary N) is 1. The van der Waals surface area contributed by atoms with Crippen LogP contribution in [0.5, 0.6) is 0 Å². The molecule has 0 saturated heterocycles. The van der Waals surface area contributed by atoms with Gasteiger partial charge in [-0.3, -0.25) is 4.79 Å². The number of carbonyl (C=O) groups excluding carboxylic acids is 1. The first-order valence-corrected chi connectivity index (χ1v) is 7.07. The van der Waals surface area contributed by atoms with Gasteiger partial charge in [-0.25, -0.2) is 4.98 Å². The van der Waals surface area contributed by atoms with E-state index in [1.807, 2.05) is 31.4 Å². The van der Waals surface area contributed by atoms with E-state index in [0.29, 0.717) is 13.0 Å². The van der Waals surface area contributed by atoms with Gasteiger partial charge in [0.15, 0.2) is 0 Å². The number of carbonyl (C=O) groups is 1. The molecule has 3 nitrogen and oxygen atoms in total. The molecule has 5 heteroatoms. The summed E-state index contributed by atoms with van der Waals surface area (Å²) in [6, 6.07) is 3.94. The van der Waals surface area contributed by atoms with Crippen LogP contribution in [0.25, 0.3) is 0 Å². The van der Waals surface area contributed by atoms with Crippen molar-refractivity contribution in [1.82, 2.24) is 10.3 Å². The van der Waals surface area contributed by atoms with Crippen LogP contribution in [0.3, 0.4) is 0 Å². The zero-order chi connectivity index (χ0) is 12.3. The summed E-state index contributed by atoms with van der Waals surface area (Å²) in [5.41, 5.74) is 1.02. The third kappa shape index (κ3) is 3.38. The molecular weight excluding hydrogens is 252 g/mol. The number of thiazole rings is 1. The Balaban J connectivity index is 1.86. The second-order valence-electron chi connectivity index (χ2n) is 3.77. The Morgan fingerprint density at radius 2 is 2.29 bits per heavy atom. The molecule has 0 spiro atoms. The van der Waals surface area contributed by atoms with Crippen molar-refractivity contribution in [1.29, 1.82) is 0 Å². The van der Waals surface area contributed by atoms with Crippen molar-refractivity contribution in [2.45, 2.75) is 26.8 Å². The van der Waals surface area contributed by atoms with Gasteiger partial charge in [0.25, 0.3) is 0 Å². The van der Waals surface area contributed by atoms with E-state index in [1.54, 1.807) is 22.7 Å². The molecule has 90 valence electrons. The van der Waals surface area contributed by atoms with Crippen molar-refractivity contribution in [3.05, 3.63) is 38.0 Å². The summed E-state index contributed by atoms with van der Waals surface area (Å²) in [5, 5.41) is 5.96. The number of aromatic nitrogens is 1. The van der Waals surface area contributed by atoms with E-state index < -0.39 is 0 Å². The van der Waals surface area contributed by atoms with E-state index in [1.165, 1.54) is 0 Å². The number of hydrogen-bond acceptors (Lipinski definition) is 4. The molecule has 0 aliphatic carbocycles. The molecule has 0 bridgehead atoms. The zero-order valence-corrected chi connectivity index (χ0v) is 11.5. The van der Waals surface area contributed by atoms with Crippen molar-refractivity contribution < 1.29 is 4.79 Å². The van der Waals surface area contributed by atoms with Crippen LogP contribution in [0.4, 0.5) is 0 Å². The van der Waals surface area contributed by atoms with Crippen LogP contribution < -0.4 is 5.32 Å². The van der Waals surface area contributed by atoms with E-state index in [2.05, 4.69) is 10.3 Å². The molecule has 2 aromatic rings. The fourth-order valence-corrected chi connectivity index (χ4v) is 3.13. The smallest absolute Gasteiger partial charge is 0.225 e. The van der Waals surface area contributed by atoms with Crippen LogP contribution in [0, 0.1) is 13.8 Å². The maximum atomic E-state index is 11.7. The molecule has 0 aliphatic rings. The molecule has 17 heavy (non-hydrogen) atoms. The summed E-state index contributed by atoms with van der Waals surface area (Å²) in [7, 11) is 0. The molecule has 2 aromatic heterocycles. The molecule has 1 amide bonds. The molecule has 0 fully saturated rings. The third-order valence-electron chi connectivity index (χ3n) is 2.36. The first-order chi connectivity index (χ1) is 8.15. The van der Waals surface area contributed by atoms with E-state index in [9.17, 15) is 4.79 Å². The molecule has 0 radical (unpaired) electrons. The summed E-state index contributed by atoms with van der Waals surface area (Å²) in [6.07, 6.45) is 0.467. The van der Waals surface area contributed by atoms with Gasteiger partial charge in [-0.2, -0.15) is 0 Å². The highest BCUT2D eigenvalue weighted by molar-refractivity contribution is 7.11. The Hall–Kier alpha value is -1.20. The van der Waals surface area contributed by atoms with Gasteiger partial charge in [0.1, 0.15) is 0 Å². The highest BCUT2D eigenvalue weighted by Gasteiger charge is 2.07. The summed E-state index contributed by atoms with van der Waals surface area (Å²) in [4.78, 5) is 18.3. The van der Waals surface area contributed by atoms with Crippen molar-refractivity contribution in [3.63, 3.8) is 0 Å². The third-order valence-corrected chi connectivity index (χ3v) is 4.31. The van der Waals surface area contributed by atoms with Gasteiger partial charge >= 0.3 is 0 Å². The van der Waals surface area contributed by atoms with Crippen molar-refractivity contribution in [2.24, 2.45) is 0 Å². The molecule has 1 N–H and O–H groups in total. The fraction of sp³-hybridized carbons (Fsp3) is 0.333. The molecule has 0 saturated carbocycles. The Kier molecular flexibility index (Phi) is 3.91. The lowest BCUT2D eigenvalue weighted by Gasteiger charge is -2.02. The molecule has 2 heterocycles. The molecular formula is C12H14N2OS2. The predicted octanol–water partition coefficient (Wildman–Crippen LogP) is 2.68. The van der Waals surface area contributed by atoms with E-state index in [4.69, 9.17) is 0 Å². The lowest BCUT2D eigenvalue weighted by atomic mass is 10.3. The Labute approximate surface area is 109 Å². The lowest BCUT2D eigenvalue weighted by Crippen LogP contribution is -2.24. The maximum Gasteiger partial charge on any atom is 0.225 e. The first kappa shape index (κ1) is 12.3. The van der Waals surface area contributed by atoms with Gasteiger partial charge in [0.2, 0.25) is 5.91 Å². The molecule has 0 aromatic carbocycles. The average molecular weight is 266 g/mol. The highest BCUT2D eigenvalue weighted by atomic mass is 32.1. The minimum atomic E-state index is 0.0675. The first-order valence-electron chi connectivity index (χ1n) is 5.37. The average Bonchev–Trinajstić information content (AvgIpc) is 2.86. The maximum absolute atomic E-state index is 11.7. The van der Waals surface area contributed by atoms with Crippen LogP contribution in [0.1, 0.15) is 20.5 Å². The van der Waals surface area contributed by atoms with E-state index in [-0.39, 0.29) is 5.91 Å². The standard InChI is InChI=1S/C12H14N2OS2/c1-8-11(17-9(2)14-8)7-13-12(15)6-10-4-3-5-16-10/h3-5H,6-7H2,1-2H3,(H,13,15). The van der Waals surface area contributed by atoms with Crippen LogP contribution >= 0.6 is 22.7 Å². The van der Waals surface area contributed by atoms with Gasteiger partial charge in [0.05, 0.1) is 23.7 Å². The van der Waals surface area contributed by atoms with Crippen molar-refractivity contribution in [3.8, 4) is 0 Å². The van der Waals surface area contributed by atoms with Gasteiger partial charge in [0, 0.05) is 9.75 Å². The monoisotopic (exact) mass is 266 g/mol. The van der Waals surface area contributed by atoms with E-state index in [0.717, 1.165) is 20.5 Å². The zero-order valence-electron chi connectivity index (χ0n) is 9.82. The van der Waals surface area contributed by atoms with Crippen LogP contribution in [0.2, 0.25) is 0 Å². The largest absolute Gasteiger partial charge is 0.351 e. The van der Waals surface area contributed by atoms with Gasteiger partial charge < -0.3 is 5.32 Å². The summed E-state index contributed by atoms with van der Waals surface area (Å²) >= 11 is 3.25. The number of nitrogens with zero attached hydrogens (tertiary/aromatic N) is 1. The summed E-state index contributed by atoms with van der Waals surface area (Å²) < 4.78 is 0. The number of hydrogen-bond donors (Lipinski definition) is 1. The fourth-order valence-electron chi connectivity index (χ4n) is 1.55. The molecule has 2 rings (SSSR count). The number of rotatable bonds is 4. The van der Waals surface area contributed by atoms with Gasteiger partial charge in [-0.15, -0.1) is 22.7 Å². The predicted molar refractivity (Wildman–Crippen MR) is 71.5 cm³/mol. The Morgan fingerprint density at radius 1 is 1.47 bits per heavy atom. The molecule has 0 unspecified atom stereocenters.